The van der Waals surface area contributed by atoms with Gasteiger partial charge in [-0.3, -0.25) is 28.9 Å². The highest BCUT2D eigenvalue weighted by atomic mass is 16.2. The van der Waals surface area contributed by atoms with E-state index in [1.165, 1.54) is 9.47 Å². The third-order valence-electron chi connectivity index (χ3n) is 5.43. The number of nitrogens with one attached hydrogen (secondary N) is 1. The first-order valence-corrected chi connectivity index (χ1v) is 10.5. The van der Waals surface area contributed by atoms with Gasteiger partial charge in [-0.05, 0) is 32.4 Å². The van der Waals surface area contributed by atoms with Crippen LogP contribution >= 0.6 is 0 Å². The van der Waals surface area contributed by atoms with Crippen molar-refractivity contribution in [3.63, 3.8) is 0 Å². The molecule has 164 valence electrons. The Morgan fingerprint density at radius 3 is 2.47 bits per heavy atom. The van der Waals surface area contributed by atoms with E-state index in [1.54, 1.807) is 0 Å². The summed E-state index contributed by atoms with van der Waals surface area (Å²) in [5.41, 5.74) is 5.95. The lowest BCUT2D eigenvalue weighted by Crippen LogP contribution is -2.45. The molecule has 30 heavy (non-hydrogen) atoms. The Balaban J connectivity index is 2.52. The number of hydrogen-bond donors (Lipinski definition) is 2. The zero-order valence-corrected chi connectivity index (χ0v) is 18.4. The van der Waals surface area contributed by atoms with Gasteiger partial charge in [0.05, 0.1) is 13.1 Å². The van der Waals surface area contributed by atoms with Gasteiger partial charge in [-0.15, -0.1) is 0 Å². The molecule has 0 bridgehead atoms. The quantitative estimate of drug-likeness (QED) is 0.619. The van der Waals surface area contributed by atoms with Crippen LogP contribution in [0.4, 0.5) is 11.5 Å². The summed E-state index contributed by atoms with van der Waals surface area (Å²) in [6.07, 6.45) is 2.50. The number of likely N-dealkylation sites (N-methyl/N-ethyl adjacent to an activating group) is 1. The molecule has 1 aromatic heterocycles. The molecule has 0 fully saturated rings. The molecule has 0 aliphatic rings. The zero-order valence-electron chi connectivity index (χ0n) is 18.4. The number of aromatic nitrogens is 2. The minimum atomic E-state index is -0.652. The van der Waals surface area contributed by atoms with Gasteiger partial charge in [0.25, 0.3) is 5.56 Å². The van der Waals surface area contributed by atoms with Crippen molar-refractivity contribution in [1.29, 1.82) is 0 Å². The van der Waals surface area contributed by atoms with E-state index < -0.39 is 11.2 Å². The Morgan fingerprint density at radius 2 is 1.87 bits per heavy atom. The summed E-state index contributed by atoms with van der Waals surface area (Å²) in [6, 6.07) is 9.62. The predicted molar refractivity (Wildman–Crippen MR) is 121 cm³/mol. The van der Waals surface area contributed by atoms with Crippen LogP contribution in [0.3, 0.4) is 0 Å². The standard InChI is InChI=1S/C22H33N5O3/c1-5-7-13-26-20(23)19(21(29)24-22(26)30)27(14-17-11-9-8-10-12-17)18(28)15-25(4)16(3)6-2/h8-12,16H,5-7,13-15,23H2,1-4H3,(H,24,29,30). The van der Waals surface area contributed by atoms with Gasteiger partial charge >= 0.3 is 5.69 Å². The minimum Gasteiger partial charge on any atom is -0.383 e. The van der Waals surface area contributed by atoms with Crippen molar-refractivity contribution >= 4 is 17.4 Å². The Bertz CT molecular complexity index is 951. The molecule has 0 saturated carbocycles. The number of nitrogen functional groups attached to an aromatic ring is 1. The van der Waals surface area contributed by atoms with Crippen LogP contribution in [0.1, 0.15) is 45.6 Å². The van der Waals surface area contributed by atoms with E-state index in [9.17, 15) is 14.4 Å². The summed E-state index contributed by atoms with van der Waals surface area (Å²) in [7, 11) is 1.88. The second-order valence-electron chi connectivity index (χ2n) is 7.64. The molecule has 8 heteroatoms. The number of unbranched alkanes of at least 4 members (excludes halogenated alkanes) is 1. The lowest BCUT2D eigenvalue weighted by molar-refractivity contribution is -0.120. The summed E-state index contributed by atoms with van der Waals surface area (Å²) in [6.45, 7) is 6.80. The van der Waals surface area contributed by atoms with Crippen molar-refractivity contribution < 1.29 is 4.79 Å². The first kappa shape index (κ1) is 23.4. The van der Waals surface area contributed by atoms with Gasteiger partial charge in [-0.25, -0.2) is 4.79 Å². The number of benzene rings is 1. The molecule has 0 aliphatic carbocycles. The van der Waals surface area contributed by atoms with Crippen LogP contribution in [-0.4, -0.2) is 40.0 Å². The number of nitrogens with zero attached hydrogens (tertiary/aromatic N) is 3. The number of nitrogens with two attached hydrogens (primary N) is 1. The Morgan fingerprint density at radius 1 is 1.20 bits per heavy atom. The van der Waals surface area contributed by atoms with Crippen molar-refractivity contribution in [3.05, 3.63) is 56.7 Å². The van der Waals surface area contributed by atoms with E-state index in [2.05, 4.69) is 11.9 Å². The third-order valence-corrected chi connectivity index (χ3v) is 5.43. The summed E-state index contributed by atoms with van der Waals surface area (Å²) in [5.74, 6) is -0.229. The van der Waals surface area contributed by atoms with Gasteiger partial charge in [0, 0.05) is 12.6 Å². The summed E-state index contributed by atoms with van der Waals surface area (Å²) in [5, 5.41) is 0. The lowest BCUT2D eigenvalue weighted by Gasteiger charge is -2.29. The van der Waals surface area contributed by atoms with E-state index in [-0.39, 0.29) is 36.5 Å². The van der Waals surface area contributed by atoms with Gasteiger partial charge in [0.2, 0.25) is 5.91 Å². The normalized spacial score (nSPS) is 12.2. The molecule has 8 nitrogen and oxygen atoms in total. The van der Waals surface area contributed by atoms with Crippen LogP contribution in [-0.2, 0) is 17.9 Å². The summed E-state index contributed by atoms with van der Waals surface area (Å²) in [4.78, 5) is 44.0. The molecule has 2 rings (SSSR count). The first-order valence-electron chi connectivity index (χ1n) is 10.5. The molecule has 0 saturated heterocycles. The van der Waals surface area contributed by atoms with Gasteiger partial charge in [-0.1, -0.05) is 50.6 Å². The topological polar surface area (TPSA) is 104 Å². The number of hydrogen-bond acceptors (Lipinski definition) is 5. The maximum atomic E-state index is 13.3. The lowest BCUT2D eigenvalue weighted by atomic mass is 10.2. The molecule has 1 amide bonds. The van der Waals surface area contributed by atoms with Crippen molar-refractivity contribution in [3.8, 4) is 0 Å². The average molecular weight is 416 g/mol. The van der Waals surface area contributed by atoms with Crippen molar-refractivity contribution in [2.75, 3.05) is 24.2 Å². The Hall–Kier alpha value is -2.87. The smallest absolute Gasteiger partial charge is 0.330 e. The number of amides is 1. The van der Waals surface area contributed by atoms with Gasteiger partial charge in [0.15, 0.2) is 5.69 Å². The largest absolute Gasteiger partial charge is 0.383 e. The first-order chi connectivity index (χ1) is 14.3. The van der Waals surface area contributed by atoms with Crippen LogP contribution in [0, 0.1) is 0 Å². The predicted octanol–water partition coefficient (Wildman–Crippen LogP) is 2.18. The zero-order chi connectivity index (χ0) is 22.3. The fourth-order valence-electron chi connectivity index (χ4n) is 3.20. The summed E-state index contributed by atoms with van der Waals surface area (Å²) >= 11 is 0. The van der Waals surface area contributed by atoms with Crippen molar-refractivity contribution in [2.45, 2.75) is 59.2 Å². The van der Waals surface area contributed by atoms with Crippen LogP contribution in [0.25, 0.3) is 0 Å². The highest BCUT2D eigenvalue weighted by Crippen LogP contribution is 2.20. The van der Waals surface area contributed by atoms with Crippen LogP contribution < -0.4 is 21.9 Å². The van der Waals surface area contributed by atoms with Crippen LogP contribution in [0.5, 0.6) is 0 Å². The van der Waals surface area contributed by atoms with E-state index in [0.29, 0.717) is 6.54 Å². The molecule has 3 N–H and O–H groups in total. The average Bonchev–Trinajstić information content (AvgIpc) is 2.72. The van der Waals surface area contributed by atoms with Gasteiger partial charge < -0.3 is 5.73 Å². The molecule has 2 aromatic rings. The molecule has 0 aliphatic heterocycles. The third kappa shape index (κ3) is 5.60. The maximum absolute atomic E-state index is 13.3. The molecule has 0 spiro atoms. The van der Waals surface area contributed by atoms with E-state index in [0.717, 1.165) is 24.8 Å². The minimum absolute atomic E-state index is 0.0210. The maximum Gasteiger partial charge on any atom is 0.330 e. The molecule has 0 radical (unpaired) electrons. The fraction of sp³-hybridized carbons (Fsp3) is 0.500. The Kier molecular flexibility index (Phi) is 8.41. The van der Waals surface area contributed by atoms with E-state index >= 15 is 0 Å². The van der Waals surface area contributed by atoms with Crippen molar-refractivity contribution in [2.24, 2.45) is 0 Å². The highest BCUT2D eigenvalue weighted by molar-refractivity contribution is 5.96. The van der Waals surface area contributed by atoms with Crippen LogP contribution in [0.2, 0.25) is 0 Å². The molecular formula is C22H33N5O3. The number of aromatic amines is 1. The summed E-state index contributed by atoms with van der Waals surface area (Å²) < 4.78 is 1.34. The fourth-order valence-corrected chi connectivity index (χ4v) is 3.20. The molecule has 1 heterocycles. The molecular weight excluding hydrogens is 382 g/mol. The van der Waals surface area contributed by atoms with Gasteiger partial charge in [-0.2, -0.15) is 0 Å². The molecule has 1 aromatic carbocycles. The van der Waals surface area contributed by atoms with E-state index in [4.69, 9.17) is 5.73 Å². The van der Waals surface area contributed by atoms with E-state index in [1.807, 2.05) is 56.1 Å². The Labute approximate surface area is 177 Å². The SMILES string of the molecule is CCCCn1c(N)c(N(Cc2ccccc2)C(=O)CN(C)C(C)CC)c(=O)[nH]c1=O. The molecule has 1 atom stereocenters. The number of rotatable bonds is 10. The second kappa shape index (κ2) is 10.8. The number of anilines is 2. The van der Waals surface area contributed by atoms with Crippen LogP contribution in [0.15, 0.2) is 39.9 Å². The highest BCUT2D eigenvalue weighted by Gasteiger charge is 2.26. The van der Waals surface area contributed by atoms with Gasteiger partial charge in [0.1, 0.15) is 5.82 Å². The number of H-pyrrole nitrogens is 1. The number of carbonyl (C=O) groups excluding carboxylic acids is 1. The second-order valence-corrected chi connectivity index (χ2v) is 7.64. The number of carbonyl (C=O) groups is 1. The molecule has 1 unspecified atom stereocenters. The monoisotopic (exact) mass is 415 g/mol. The van der Waals surface area contributed by atoms with Crippen molar-refractivity contribution in [1.82, 2.24) is 14.5 Å².